The standard InChI is InChI=1S/C55H74ClFN8O11/c1-41-35-43(37-45(57)36-41)47-39-59-54(51(53-61-48-8-7-44(56)38-49(48)62-53)52(47)64-13-9-46(10-14-64)60-55(67)76-40-42-5-3-2-4-6-42)65-17-15-63(16-18-65)50(66)11-19-68-21-23-70-25-27-72-29-31-74-33-34-75-32-30-73-28-26-71-24-22-69-20-12-58/h2-8,35-39,46H,9-34,40,58H2,1H3,(H,60,67)(H,61,62). The van der Waals surface area contributed by atoms with Gasteiger partial charge in [-0.1, -0.05) is 48.0 Å². The molecule has 21 heteroatoms. The Morgan fingerprint density at radius 2 is 1.29 bits per heavy atom. The highest BCUT2D eigenvalue weighted by Crippen LogP contribution is 2.45. The number of rotatable bonds is 33. The van der Waals surface area contributed by atoms with E-state index in [4.69, 9.17) is 69.9 Å². The van der Waals surface area contributed by atoms with Gasteiger partial charge in [-0.25, -0.2) is 19.2 Å². The SMILES string of the molecule is Cc1cc(F)cc(-c2cnc(N3CCN(C(=O)CCOCCOCCOCCOCCOCCOCCOCCOCCN)CC3)c(-c3nc4ccc(Cl)cc4[nH]3)c2N2CCC(NC(=O)OCc3ccccc3)CC2)c1. The summed E-state index contributed by atoms with van der Waals surface area (Å²) in [4.78, 5) is 46.4. The van der Waals surface area contributed by atoms with Gasteiger partial charge < -0.3 is 73.4 Å². The van der Waals surface area contributed by atoms with Crippen molar-refractivity contribution in [1.29, 1.82) is 0 Å². The highest BCUT2D eigenvalue weighted by atomic mass is 35.5. The van der Waals surface area contributed by atoms with Crippen LogP contribution in [0.4, 0.5) is 20.7 Å². The number of ether oxygens (including phenoxy) is 9. The number of pyridine rings is 1. The van der Waals surface area contributed by atoms with Gasteiger partial charge in [-0.3, -0.25) is 4.79 Å². The Kier molecular flexibility index (Phi) is 24.7. The minimum absolute atomic E-state index is 0.00969. The number of anilines is 2. The largest absolute Gasteiger partial charge is 0.445 e. The van der Waals surface area contributed by atoms with E-state index in [9.17, 15) is 9.59 Å². The van der Waals surface area contributed by atoms with E-state index in [1.807, 2.05) is 66.6 Å². The van der Waals surface area contributed by atoms with Gasteiger partial charge in [-0.05, 0) is 66.8 Å². The maximum absolute atomic E-state index is 15.2. The molecule has 2 aromatic heterocycles. The smallest absolute Gasteiger partial charge is 0.407 e. The fourth-order valence-corrected chi connectivity index (χ4v) is 9.04. The number of aromatic nitrogens is 3. The fourth-order valence-electron chi connectivity index (χ4n) is 8.87. The average Bonchev–Trinajstić information content (AvgIpc) is 3.85. The van der Waals surface area contributed by atoms with Crippen molar-refractivity contribution < 1.29 is 56.6 Å². The molecule has 2 amide bonds. The minimum Gasteiger partial charge on any atom is -0.445 e. The number of aromatic amines is 1. The molecular formula is C55H74ClFN8O11. The third-order valence-electron chi connectivity index (χ3n) is 12.7. The number of aryl methyl sites for hydroxylation is 1. The first-order valence-electron chi connectivity index (χ1n) is 26.3. The average molecular weight is 1080 g/mol. The van der Waals surface area contributed by atoms with Crippen LogP contribution >= 0.6 is 11.6 Å². The van der Waals surface area contributed by atoms with Crippen LogP contribution in [-0.4, -0.2) is 189 Å². The summed E-state index contributed by atoms with van der Waals surface area (Å²) >= 11 is 6.46. The number of imidazole rings is 1. The van der Waals surface area contributed by atoms with Gasteiger partial charge in [-0.2, -0.15) is 0 Å². The zero-order valence-electron chi connectivity index (χ0n) is 43.7. The number of piperazine rings is 1. The summed E-state index contributed by atoms with van der Waals surface area (Å²) < 4.78 is 64.9. The molecule has 0 spiro atoms. The van der Waals surface area contributed by atoms with E-state index in [-0.39, 0.29) is 37.4 Å². The van der Waals surface area contributed by atoms with Crippen molar-refractivity contribution in [2.24, 2.45) is 5.73 Å². The highest BCUT2D eigenvalue weighted by molar-refractivity contribution is 6.31. The Morgan fingerprint density at radius 1 is 0.711 bits per heavy atom. The zero-order chi connectivity index (χ0) is 53.2. The van der Waals surface area contributed by atoms with Gasteiger partial charge in [-0.15, -0.1) is 0 Å². The topological polar surface area (TPSA) is 207 Å². The predicted molar refractivity (Wildman–Crippen MR) is 288 cm³/mol. The number of fused-ring (bicyclic) bond motifs is 1. The van der Waals surface area contributed by atoms with E-state index >= 15 is 4.39 Å². The maximum Gasteiger partial charge on any atom is 0.407 e. The number of carbonyl (C=O) groups is 2. The van der Waals surface area contributed by atoms with Crippen LogP contribution in [0.3, 0.4) is 0 Å². The molecule has 4 heterocycles. The number of nitrogens with two attached hydrogens (primary N) is 1. The summed E-state index contributed by atoms with van der Waals surface area (Å²) in [6.07, 6.45) is 2.88. The monoisotopic (exact) mass is 1080 g/mol. The van der Waals surface area contributed by atoms with E-state index in [2.05, 4.69) is 20.1 Å². The van der Waals surface area contributed by atoms with Gasteiger partial charge in [0.05, 0.1) is 134 Å². The van der Waals surface area contributed by atoms with E-state index in [1.54, 1.807) is 6.07 Å². The number of amides is 2. The molecule has 2 aliphatic rings. The van der Waals surface area contributed by atoms with Gasteiger partial charge in [0.2, 0.25) is 5.91 Å². The van der Waals surface area contributed by atoms with Crippen molar-refractivity contribution in [2.75, 3.05) is 161 Å². The van der Waals surface area contributed by atoms with Crippen molar-refractivity contribution in [3.8, 4) is 22.5 Å². The van der Waals surface area contributed by atoms with Crippen molar-refractivity contribution in [1.82, 2.24) is 25.2 Å². The molecule has 3 aromatic carbocycles. The second-order valence-corrected chi connectivity index (χ2v) is 18.7. The minimum atomic E-state index is -0.462. The lowest BCUT2D eigenvalue weighted by molar-refractivity contribution is -0.132. The Balaban J connectivity index is 0.852. The van der Waals surface area contributed by atoms with Crippen molar-refractivity contribution >= 4 is 46.1 Å². The van der Waals surface area contributed by atoms with Crippen LogP contribution in [0.5, 0.6) is 0 Å². The van der Waals surface area contributed by atoms with Crippen LogP contribution in [0.1, 0.15) is 30.4 Å². The summed E-state index contributed by atoms with van der Waals surface area (Å²) in [6, 6.07) is 20.0. The summed E-state index contributed by atoms with van der Waals surface area (Å²) in [5.74, 6) is 0.937. The molecule has 5 aromatic rings. The first kappa shape index (κ1) is 58.2. The number of hydrogen-bond acceptors (Lipinski definition) is 16. The Labute approximate surface area is 449 Å². The lowest BCUT2D eigenvalue weighted by atomic mass is 9.96. The zero-order valence-corrected chi connectivity index (χ0v) is 44.4. The summed E-state index contributed by atoms with van der Waals surface area (Å²) in [7, 11) is 0. The first-order chi connectivity index (χ1) is 37.2. The van der Waals surface area contributed by atoms with Crippen molar-refractivity contribution in [3.05, 3.63) is 94.9 Å². The number of benzene rings is 3. The molecule has 0 unspecified atom stereocenters. The molecule has 76 heavy (non-hydrogen) atoms. The predicted octanol–water partition coefficient (Wildman–Crippen LogP) is 6.42. The molecule has 0 radical (unpaired) electrons. The molecule has 0 bridgehead atoms. The number of H-pyrrole nitrogens is 1. The third-order valence-corrected chi connectivity index (χ3v) is 12.9. The summed E-state index contributed by atoms with van der Waals surface area (Å²) in [5, 5.41) is 3.63. The van der Waals surface area contributed by atoms with E-state index in [0.717, 1.165) is 39.0 Å². The maximum atomic E-state index is 15.2. The number of hydrogen-bond donors (Lipinski definition) is 3. The number of carbonyl (C=O) groups excluding carboxylic acids is 2. The quantitative estimate of drug-likeness (QED) is 0.0388. The number of alkyl carbamates (subject to hydrolysis) is 1. The van der Waals surface area contributed by atoms with Crippen LogP contribution < -0.4 is 20.9 Å². The number of nitrogens with zero attached hydrogens (tertiary/aromatic N) is 5. The normalized spacial score (nSPS) is 14.2. The van der Waals surface area contributed by atoms with Gasteiger partial charge >= 0.3 is 6.09 Å². The molecule has 19 nitrogen and oxygen atoms in total. The first-order valence-corrected chi connectivity index (χ1v) is 26.7. The lowest BCUT2D eigenvalue weighted by Crippen LogP contribution is -2.49. The van der Waals surface area contributed by atoms with Gasteiger partial charge in [0, 0.05) is 68.6 Å². The molecule has 0 aliphatic carbocycles. The van der Waals surface area contributed by atoms with E-state index < -0.39 is 6.09 Å². The fraction of sp³-hybridized carbons (Fsp3) is 0.527. The second kappa shape index (κ2) is 32.3. The van der Waals surface area contributed by atoms with Crippen LogP contribution in [0.25, 0.3) is 33.5 Å². The molecule has 0 saturated carbocycles. The third kappa shape index (κ3) is 18.9. The van der Waals surface area contributed by atoms with Crippen LogP contribution in [0.15, 0.2) is 72.9 Å². The lowest BCUT2D eigenvalue weighted by Gasteiger charge is -2.39. The molecule has 0 atom stereocenters. The van der Waals surface area contributed by atoms with E-state index in [0.29, 0.717) is 180 Å². The molecule has 2 fully saturated rings. The van der Waals surface area contributed by atoms with Gasteiger partial charge in [0.15, 0.2) is 0 Å². The Hall–Kier alpha value is -5.52. The number of piperidine rings is 1. The summed E-state index contributed by atoms with van der Waals surface area (Å²) in [5.41, 5.74) is 11.6. The Morgan fingerprint density at radius 3 is 1.87 bits per heavy atom. The molecule has 2 saturated heterocycles. The highest BCUT2D eigenvalue weighted by Gasteiger charge is 2.32. The molecule has 2 aliphatic heterocycles. The molecule has 414 valence electrons. The van der Waals surface area contributed by atoms with Crippen molar-refractivity contribution in [3.63, 3.8) is 0 Å². The molecular weight excluding hydrogens is 1000 g/mol. The molecule has 4 N–H and O–H groups in total. The summed E-state index contributed by atoms with van der Waals surface area (Å²) in [6.45, 7) is 13.0. The van der Waals surface area contributed by atoms with Gasteiger partial charge in [0.1, 0.15) is 24.1 Å². The van der Waals surface area contributed by atoms with E-state index in [1.165, 1.54) is 12.1 Å². The number of nitrogens with one attached hydrogen (secondary N) is 2. The van der Waals surface area contributed by atoms with Gasteiger partial charge in [0.25, 0.3) is 0 Å². The van der Waals surface area contributed by atoms with Crippen LogP contribution in [0, 0.1) is 12.7 Å². The number of halogens is 2. The second-order valence-electron chi connectivity index (χ2n) is 18.3. The molecule has 7 rings (SSSR count). The van der Waals surface area contributed by atoms with Crippen molar-refractivity contribution in [2.45, 2.75) is 38.8 Å². The van der Waals surface area contributed by atoms with Crippen LogP contribution in [-0.2, 0) is 54.0 Å². The Bertz CT molecular complexity index is 2490. The van der Waals surface area contributed by atoms with Crippen LogP contribution in [0.2, 0.25) is 5.02 Å².